The van der Waals surface area contributed by atoms with E-state index in [-0.39, 0.29) is 5.28 Å². The van der Waals surface area contributed by atoms with E-state index in [4.69, 9.17) is 21.6 Å². The van der Waals surface area contributed by atoms with Crippen molar-refractivity contribution in [3.8, 4) is 0 Å². The molecule has 0 saturated heterocycles. The fraction of sp³-hybridized carbons (Fsp3) is 0. The minimum Gasteiger partial charge on any atom is -0.423 e. The first kappa shape index (κ1) is 8.56. The molecule has 2 rings (SSSR count). The van der Waals surface area contributed by atoms with Gasteiger partial charge in [-0.1, -0.05) is 12.1 Å². The van der Waals surface area contributed by atoms with Crippen LogP contribution >= 0.6 is 11.6 Å². The molecule has 0 fully saturated rings. The molecule has 13 heavy (non-hydrogen) atoms. The normalized spacial score (nSPS) is 10.7. The number of H-pyrrole nitrogens is 1. The van der Waals surface area contributed by atoms with Crippen LogP contribution in [0, 0.1) is 0 Å². The van der Waals surface area contributed by atoms with Gasteiger partial charge in [-0.05, 0) is 17.7 Å². The van der Waals surface area contributed by atoms with Crippen LogP contribution in [0.5, 0.6) is 0 Å². The summed E-state index contributed by atoms with van der Waals surface area (Å²) in [5.74, 6) is 0. The first-order chi connectivity index (χ1) is 6.18. The monoisotopic (exact) mass is 196 g/mol. The van der Waals surface area contributed by atoms with Gasteiger partial charge in [0, 0.05) is 5.46 Å². The average molecular weight is 196 g/mol. The van der Waals surface area contributed by atoms with E-state index in [1.54, 1.807) is 18.2 Å². The number of halogens is 1. The Hall–Kier alpha value is -1.04. The molecule has 6 heteroatoms. The fourth-order valence-corrected chi connectivity index (χ4v) is 1.42. The second kappa shape index (κ2) is 3.03. The quantitative estimate of drug-likeness (QED) is 0.558. The Balaban J connectivity index is 2.75. The second-order valence-corrected chi connectivity index (χ2v) is 3.00. The maximum atomic E-state index is 8.99. The minimum atomic E-state index is -1.52. The van der Waals surface area contributed by atoms with E-state index in [1.807, 2.05) is 0 Å². The number of hydrogen-bond donors (Lipinski definition) is 3. The maximum Gasteiger partial charge on any atom is 0.490 e. The summed E-state index contributed by atoms with van der Waals surface area (Å²) in [6.07, 6.45) is 0. The Morgan fingerprint density at radius 3 is 2.85 bits per heavy atom. The van der Waals surface area contributed by atoms with Crippen molar-refractivity contribution >= 4 is 35.2 Å². The van der Waals surface area contributed by atoms with E-state index in [0.717, 1.165) is 0 Å². The summed E-state index contributed by atoms with van der Waals surface area (Å²) in [6, 6.07) is 5.05. The van der Waals surface area contributed by atoms with Crippen LogP contribution in [-0.4, -0.2) is 27.1 Å². The molecule has 0 radical (unpaired) electrons. The van der Waals surface area contributed by atoms with Gasteiger partial charge in [0.25, 0.3) is 0 Å². The van der Waals surface area contributed by atoms with Crippen molar-refractivity contribution in [3.05, 3.63) is 23.5 Å². The highest BCUT2D eigenvalue weighted by Gasteiger charge is 2.16. The van der Waals surface area contributed by atoms with E-state index >= 15 is 0 Å². The number of rotatable bonds is 1. The molecule has 0 bridgehead atoms. The molecule has 0 atom stereocenters. The zero-order chi connectivity index (χ0) is 9.42. The summed E-state index contributed by atoms with van der Waals surface area (Å²) in [5.41, 5.74) is 1.53. The van der Waals surface area contributed by atoms with Crippen LogP contribution in [0.15, 0.2) is 18.2 Å². The summed E-state index contributed by atoms with van der Waals surface area (Å²) in [6.45, 7) is 0. The summed E-state index contributed by atoms with van der Waals surface area (Å²) in [5, 5.41) is 18.2. The van der Waals surface area contributed by atoms with Crippen molar-refractivity contribution < 1.29 is 10.0 Å². The molecule has 4 nitrogen and oxygen atoms in total. The highest BCUT2D eigenvalue weighted by atomic mass is 35.5. The van der Waals surface area contributed by atoms with Gasteiger partial charge in [0.15, 0.2) is 0 Å². The smallest absolute Gasteiger partial charge is 0.423 e. The van der Waals surface area contributed by atoms with Gasteiger partial charge >= 0.3 is 7.12 Å². The van der Waals surface area contributed by atoms with Gasteiger partial charge < -0.3 is 15.0 Å². The molecule has 2 aromatic rings. The molecule has 0 aliphatic rings. The van der Waals surface area contributed by atoms with E-state index in [2.05, 4.69) is 9.97 Å². The van der Waals surface area contributed by atoms with Crippen LogP contribution in [0.2, 0.25) is 5.28 Å². The number of hydrogen-bond acceptors (Lipinski definition) is 3. The number of aromatic nitrogens is 2. The highest BCUT2D eigenvalue weighted by molar-refractivity contribution is 6.61. The Morgan fingerprint density at radius 1 is 1.38 bits per heavy atom. The molecule has 0 aliphatic carbocycles. The van der Waals surface area contributed by atoms with Crippen LogP contribution < -0.4 is 5.46 Å². The van der Waals surface area contributed by atoms with Gasteiger partial charge in [0.05, 0.1) is 11.0 Å². The summed E-state index contributed by atoms with van der Waals surface area (Å²) < 4.78 is 0. The Labute approximate surface area is 79.3 Å². The van der Waals surface area contributed by atoms with Crippen molar-refractivity contribution in [2.45, 2.75) is 0 Å². The molecular formula is C7H6BClN2O2. The molecule has 0 saturated carbocycles. The Morgan fingerprint density at radius 2 is 2.15 bits per heavy atom. The lowest BCUT2D eigenvalue weighted by molar-refractivity contribution is 0.426. The molecule has 1 aromatic heterocycles. The Bertz CT molecular complexity index is 443. The second-order valence-electron chi connectivity index (χ2n) is 2.64. The molecule has 1 heterocycles. The van der Waals surface area contributed by atoms with E-state index in [9.17, 15) is 0 Å². The third-order valence-electron chi connectivity index (χ3n) is 1.79. The Kier molecular flexibility index (Phi) is 1.99. The molecule has 1 aromatic carbocycles. The number of imidazole rings is 1. The molecule has 0 amide bonds. The lowest BCUT2D eigenvalue weighted by atomic mass is 9.79. The van der Waals surface area contributed by atoms with Crippen molar-refractivity contribution in [2.75, 3.05) is 0 Å². The third-order valence-corrected chi connectivity index (χ3v) is 1.97. The lowest BCUT2D eigenvalue weighted by Crippen LogP contribution is -2.30. The number of fused-ring (bicyclic) bond motifs is 1. The van der Waals surface area contributed by atoms with Crippen LogP contribution in [0.4, 0.5) is 0 Å². The number of benzene rings is 1. The first-order valence-corrected chi connectivity index (χ1v) is 4.06. The third kappa shape index (κ3) is 1.41. The lowest BCUT2D eigenvalue weighted by Gasteiger charge is -1.98. The van der Waals surface area contributed by atoms with Crippen molar-refractivity contribution in [1.29, 1.82) is 0 Å². The molecular weight excluding hydrogens is 190 g/mol. The van der Waals surface area contributed by atoms with E-state index < -0.39 is 7.12 Å². The van der Waals surface area contributed by atoms with Gasteiger partial charge in [-0.3, -0.25) is 0 Å². The SMILES string of the molecule is OB(O)c1cccc2[nH]c(Cl)nc12. The zero-order valence-corrected chi connectivity index (χ0v) is 7.28. The standard InChI is InChI=1S/C7H6BClN2O2/c9-7-10-5-3-1-2-4(8(12)13)6(5)11-7/h1-3,12-13H,(H,10,11). The molecule has 66 valence electrons. The largest absolute Gasteiger partial charge is 0.490 e. The van der Waals surface area contributed by atoms with Gasteiger partial charge in [-0.15, -0.1) is 0 Å². The van der Waals surface area contributed by atoms with Gasteiger partial charge in [0.1, 0.15) is 0 Å². The van der Waals surface area contributed by atoms with Gasteiger partial charge in [0.2, 0.25) is 5.28 Å². The molecule has 0 unspecified atom stereocenters. The first-order valence-electron chi connectivity index (χ1n) is 3.69. The van der Waals surface area contributed by atoms with Crippen molar-refractivity contribution in [1.82, 2.24) is 9.97 Å². The van der Waals surface area contributed by atoms with E-state index in [1.165, 1.54) is 0 Å². The number of aromatic amines is 1. The fourth-order valence-electron chi connectivity index (χ4n) is 1.23. The minimum absolute atomic E-state index is 0.239. The number of nitrogens with one attached hydrogen (secondary N) is 1. The predicted molar refractivity (Wildman–Crippen MR) is 50.9 cm³/mol. The number of nitrogens with zero attached hydrogens (tertiary/aromatic N) is 1. The van der Waals surface area contributed by atoms with E-state index in [0.29, 0.717) is 16.5 Å². The topological polar surface area (TPSA) is 69.1 Å². The number of para-hydroxylation sites is 1. The van der Waals surface area contributed by atoms with Crippen LogP contribution in [-0.2, 0) is 0 Å². The van der Waals surface area contributed by atoms with Crippen molar-refractivity contribution in [3.63, 3.8) is 0 Å². The van der Waals surface area contributed by atoms with Crippen molar-refractivity contribution in [2.24, 2.45) is 0 Å². The maximum absolute atomic E-state index is 8.99. The summed E-state index contributed by atoms with van der Waals surface area (Å²) in [4.78, 5) is 6.71. The molecule has 0 aliphatic heterocycles. The van der Waals surface area contributed by atoms with Gasteiger partial charge in [-0.2, -0.15) is 0 Å². The predicted octanol–water partition coefficient (Wildman–Crippen LogP) is -0.104. The zero-order valence-electron chi connectivity index (χ0n) is 6.53. The highest BCUT2D eigenvalue weighted by Crippen LogP contribution is 2.11. The van der Waals surface area contributed by atoms with Gasteiger partial charge in [-0.25, -0.2) is 4.98 Å². The average Bonchev–Trinajstić information content (AvgIpc) is 2.43. The van der Waals surface area contributed by atoms with Crippen LogP contribution in [0.3, 0.4) is 0 Å². The van der Waals surface area contributed by atoms with Crippen LogP contribution in [0.1, 0.15) is 0 Å². The molecule has 3 N–H and O–H groups in total. The van der Waals surface area contributed by atoms with Crippen LogP contribution in [0.25, 0.3) is 11.0 Å². The summed E-state index contributed by atoms with van der Waals surface area (Å²) in [7, 11) is -1.52. The molecule has 0 spiro atoms. The summed E-state index contributed by atoms with van der Waals surface area (Å²) >= 11 is 5.63.